The Bertz CT molecular complexity index is 634. The van der Waals surface area contributed by atoms with Crippen LogP contribution in [0.5, 0.6) is 0 Å². The fourth-order valence-corrected chi connectivity index (χ4v) is 1.99. The number of rotatable bonds is 3. The first-order chi connectivity index (χ1) is 8.54. The smallest absolute Gasteiger partial charge is 0.353 e. The van der Waals surface area contributed by atoms with Gasteiger partial charge in [0.15, 0.2) is 0 Å². The Kier molecular flexibility index (Phi) is 3.25. The topological polar surface area (TPSA) is 82.2 Å². The summed E-state index contributed by atoms with van der Waals surface area (Å²) in [6.45, 7) is 2.20. The number of aromatic carboxylic acids is 1. The number of halogens is 1. The first-order valence-corrected chi connectivity index (χ1v) is 5.75. The van der Waals surface area contributed by atoms with Crippen molar-refractivity contribution in [3.8, 4) is 0 Å². The summed E-state index contributed by atoms with van der Waals surface area (Å²) in [5.74, 6) is -1.59. The second-order valence-corrected chi connectivity index (χ2v) is 4.17. The van der Waals surface area contributed by atoms with Crippen molar-refractivity contribution in [2.75, 3.05) is 6.54 Å². The Morgan fingerprint density at radius 2 is 2.17 bits per heavy atom. The van der Waals surface area contributed by atoms with E-state index in [9.17, 15) is 9.59 Å². The molecule has 1 heterocycles. The van der Waals surface area contributed by atoms with Gasteiger partial charge in [0.05, 0.1) is 5.56 Å². The van der Waals surface area contributed by atoms with Crippen LogP contribution >= 0.6 is 11.6 Å². The van der Waals surface area contributed by atoms with E-state index in [2.05, 4.69) is 10.3 Å². The molecule has 0 radical (unpaired) electrons. The lowest BCUT2D eigenvalue weighted by molar-refractivity contribution is 0.0686. The molecular formula is C12H11ClN2O3. The highest BCUT2D eigenvalue weighted by atomic mass is 35.5. The third kappa shape index (κ3) is 2.04. The van der Waals surface area contributed by atoms with Crippen LogP contribution in [0.2, 0.25) is 5.02 Å². The number of carbonyl (C=O) groups excluding carboxylic acids is 1. The highest BCUT2D eigenvalue weighted by molar-refractivity contribution is 6.31. The molecule has 0 aliphatic carbocycles. The average molecular weight is 267 g/mol. The number of carboxylic acids is 1. The van der Waals surface area contributed by atoms with Gasteiger partial charge < -0.3 is 15.4 Å². The lowest BCUT2D eigenvalue weighted by atomic mass is 10.1. The molecule has 0 saturated carbocycles. The molecule has 2 rings (SSSR count). The van der Waals surface area contributed by atoms with E-state index in [0.29, 0.717) is 22.5 Å². The van der Waals surface area contributed by atoms with Gasteiger partial charge in [0.2, 0.25) is 0 Å². The minimum atomic E-state index is -1.18. The molecule has 0 aliphatic rings. The van der Waals surface area contributed by atoms with Gasteiger partial charge in [0, 0.05) is 22.5 Å². The number of hydrogen-bond donors (Lipinski definition) is 3. The van der Waals surface area contributed by atoms with Crippen LogP contribution in [0.1, 0.15) is 27.8 Å². The van der Waals surface area contributed by atoms with Gasteiger partial charge >= 0.3 is 5.97 Å². The molecule has 94 valence electrons. The van der Waals surface area contributed by atoms with Crippen molar-refractivity contribution in [1.29, 1.82) is 0 Å². The summed E-state index contributed by atoms with van der Waals surface area (Å²) in [6.07, 6.45) is 0. The molecule has 3 N–H and O–H groups in total. The van der Waals surface area contributed by atoms with E-state index in [4.69, 9.17) is 16.7 Å². The van der Waals surface area contributed by atoms with E-state index in [1.54, 1.807) is 25.1 Å². The lowest BCUT2D eigenvalue weighted by Crippen LogP contribution is -2.24. The van der Waals surface area contributed by atoms with Crippen LogP contribution in [-0.2, 0) is 0 Å². The van der Waals surface area contributed by atoms with E-state index in [-0.39, 0.29) is 11.3 Å². The monoisotopic (exact) mass is 266 g/mol. The predicted molar refractivity (Wildman–Crippen MR) is 68.3 cm³/mol. The molecule has 5 nitrogen and oxygen atoms in total. The summed E-state index contributed by atoms with van der Waals surface area (Å²) in [5.41, 5.74) is 0.537. The van der Waals surface area contributed by atoms with E-state index in [1.807, 2.05) is 0 Å². The van der Waals surface area contributed by atoms with E-state index in [1.165, 1.54) is 0 Å². The highest BCUT2D eigenvalue weighted by Gasteiger charge is 2.22. The van der Waals surface area contributed by atoms with Gasteiger partial charge in [-0.25, -0.2) is 4.79 Å². The van der Waals surface area contributed by atoms with Crippen LogP contribution in [-0.4, -0.2) is 28.5 Å². The van der Waals surface area contributed by atoms with Gasteiger partial charge in [-0.15, -0.1) is 0 Å². The molecule has 0 atom stereocenters. The maximum absolute atomic E-state index is 11.9. The van der Waals surface area contributed by atoms with Gasteiger partial charge in [-0.05, 0) is 19.1 Å². The van der Waals surface area contributed by atoms with Crippen molar-refractivity contribution >= 4 is 34.4 Å². The Morgan fingerprint density at radius 3 is 2.78 bits per heavy atom. The van der Waals surface area contributed by atoms with Crippen LogP contribution < -0.4 is 5.32 Å². The molecule has 0 unspecified atom stereocenters. The summed E-state index contributed by atoms with van der Waals surface area (Å²) in [4.78, 5) is 25.7. The molecule has 1 aromatic heterocycles. The van der Waals surface area contributed by atoms with Gasteiger partial charge in [0.1, 0.15) is 5.69 Å². The predicted octanol–water partition coefficient (Wildman–Crippen LogP) is 2.27. The summed E-state index contributed by atoms with van der Waals surface area (Å²) in [6, 6.07) is 4.84. The van der Waals surface area contributed by atoms with Crippen molar-refractivity contribution in [3.63, 3.8) is 0 Å². The Labute approximate surface area is 108 Å². The number of carboxylic acid groups (broad SMARTS) is 1. The van der Waals surface area contributed by atoms with Gasteiger partial charge in [-0.1, -0.05) is 17.7 Å². The quantitative estimate of drug-likeness (QED) is 0.797. The third-order valence-electron chi connectivity index (χ3n) is 2.54. The lowest BCUT2D eigenvalue weighted by Gasteiger charge is -2.02. The summed E-state index contributed by atoms with van der Waals surface area (Å²) in [5, 5.41) is 12.7. The van der Waals surface area contributed by atoms with Crippen molar-refractivity contribution in [1.82, 2.24) is 10.3 Å². The van der Waals surface area contributed by atoms with E-state index >= 15 is 0 Å². The fraction of sp³-hybridized carbons (Fsp3) is 0.167. The summed E-state index contributed by atoms with van der Waals surface area (Å²) in [7, 11) is 0. The Balaban J connectivity index is 2.70. The molecule has 0 aliphatic heterocycles. The maximum Gasteiger partial charge on any atom is 0.353 e. The van der Waals surface area contributed by atoms with Crippen molar-refractivity contribution in [2.45, 2.75) is 6.92 Å². The van der Waals surface area contributed by atoms with Gasteiger partial charge in [-0.2, -0.15) is 0 Å². The third-order valence-corrected chi connectivity index (χ3v) is 2.77. The number of H-pyrrole nitrogens is 1. The van der Waals surface area contributed by atoms with Gasteiger partial charge in [0.25, 0.3) is 5.91 Å². The van der Waals surface area contributed by atoms with Crippen LogP contribution in [0.4, 0.5) is 0 Å². The number of nitrogens with one attached hydrogen (secondary N) is 2. The van der Waals surface area contributed by atoms with Crippen molar-refractivity contribution in [3.05, 3.63) is 34.5 Å². The second kappa shape index (κ2) is 4.70. The van der Waals surface area contributed by atoms with E-state index in [0.717, 1.165) is 0 Å². The molecule has 0 spiro atoms. The Morgan fingerprint density at radius 1 is 1.44 bits per heavy atom. The zero-order chi connectivity index (χ0) is 13.3. The van der Waals surface area contributed by atoms with Crippen LogP contribution in [0, 0.1) is 0 Å². The summed E-state index contributed by atoms with van der Waals surface area (Å²) >= 11 is 5.83. The van der Waals surface area contributed by atoms with Crippen molar-refractivity contribution < 1.29 is 14.7 Å². The van der Waals surface area contributed by atoms with Crippen molar-refractivity contribution in [2.24, 2.45) is 0 Å². The zero-order valence-electron chi connectivity index (χ0n) is 9.58. The molecule has 0 saturated heterocycles. The van der Waals surface area contributed by atoms with Gasteiger partial charge in [-0.3, -0.25) is 4.79 Å². The minimum Gasteiger partial charge on any atom is -0.477 e. The zero-order valence-corrected chi connectivity index (χ0v) is 10.3. The molecule has 0 bridgehead atoms. The molecule has 1 amide bonds. The first-order valence-electron chi connectivity index (χ1n) is 5.37. The molecule has 6 heteroatoms. The first kappa shape index (κ1) is 12.4. The summed E-state index contributed by atoms with van der Waals surface area (Å²) < 4.78 is 0. The number of aromatic amines is 1. The maximum atomic E-state index is 11.9. The Hall–Kier alpha value is -2.01. The number of benzene rings is 1. The van der Waals surface area contributed by atoms with Crippen LogP contribution in [0.3, 0.4) is 0 Å². The standard InChI is InChI=1S/C12H11ClN2O3/c1-2-14-11(16)9-7-4-3-6(13)5-8(7)15-10(9)12(17)18/h3-5,15H,2H2,1H3,(H,14,16)(H,17,18). The SMILES string of the molecule is CCNC(=O)c1c(C(=O)O)[nH]c2cc(Cl)ccc12. The fourth-order valence-electron chi connectivity index (χ4n) is 1.81. The second-order valence-electron chi connectivity index (χ2n) is 3.73. The molecule has 0 fully saturated rings. The minimum absolute atomic E-state index is 0.127. The largest absolute Gasteiger partial charge is 0.477 e. The van der Waals surface area contributed by atoms with E-state index < -0.39 is 11.9 Å². The molecular weight excluding hydrogens is 256 g/mol. The molecule has 1 aromatic carbocycles. The molecule has 18 heavy (non-hydrogen) atoms. The average Bonchev–Trinajstić information content (AvgIpc) is 2.67. The highest BCUT2D eigenvalue weighted by Crippen LogP contribution is 2.25. The number of amides is 1. The number of hydrogen-bond acceptors (Lipinski definition) is 2. The number of carbonyl (C=O) groups is 2. The number of aromatic nitrogens is 1. The number of fused-ring (bicyclic) bond motifs is 1. The van der Waals surface area contributed by atoms with Crippen LogP contribution in [0.25, 0.3) is 10.9 Å². The van der Waals surface area contributed by atoms with Crippen LogP contribution in [0.15, 0.2) is 18.2 Å². The normalized spacial score (nSPS) is 10.6. The molecule has 2 aromatic rings.